The lowest BCUT2D eigenvalue weighted by molar-refractivity contribution is 0.367. The molecule has 0 bridgehead atoms. The van der Waals surface area contributed by atoms with Crippen LogP contribution in [0, 0.1) is 13.8 Å². The summed E-state index contributed by atoms with van der Waals surface area (Å²) in [5.41, 5.74) is 4.66. The Morgan fingerprint density at radius 2 is 1.86 bits per heavy atom. The molecule has 1 aromatic heterocycles. The van der Waals surface area contributed by atoms with Crippen molar-refractivity contribution >= 4 is 35.6 Å². The standard InChI is InChI=1S/C20H30N6O.HI/c1-15-17(16(2)24(4)23-15)14-22-20(21-3)26-12-10-25(11-13-26)18-8-6-7-9-19(18)27-5;/h6-9H,10-14H2,1-5H3,(H,21,22);1H. The first-order valence-corrected chi connectivity index (χ1v) is 9.37. The Bertz CT molecular complexity index is 811. The van der Waals surface area contributed by atoms with E-state index in [2.05, 4.69) is 51.2 Å². The Balaban J connectivity index is 0.00000280. The number of hydrogen-bond acceptors (Lipinski definition) is 4. The summed E-state index contributed by atoms with van der Waals surface area (Å²) in [6, 6.07) is 8.20. The second-order valence-corrected chi connectivity index (χ2v) is 6.82. The number of guanidine groups is 1. The number of aryl methyl sites for hydroxylation is 2. The molecule has 8 heteroatoms. The second-order valence-electron chi connectivity index (χ2n) is 6.82. The minimum atomic E-state index is 0. The molecule has 0 atom stereocenters. The first kappa shape index (κ1) is 22.3. The number of nitrogens with one attached hydrogen (secondary N) is 1. The molecule has 0 saturated carbocycles. The van der Waals surface area contributed by atoms with Gasteiger partial charge in [0.05, 0.1) is 18.5 Å². The zero-order valence-electron chi connectivity index (χ0n) is 17.4. The Kier molecular flexibility index (Phi) is 7.97. The van der Waals surface area contributed by atoms with E-state index in [1.54, 1.807) is 7.11 Å². The number of para-hydroxylation sites is 2. The number of hydrogen-bond donors (Lipinski definition) is 1. The van der Waals surface area contributed by atoms with Crippen LogP contribution in [0.5, 0.6) is 5.75 Å². The summed E-state index contributed by atoms with van der Waals surface area (Å²) in [4.78, 5) is 9.17. The van der Waals surface area contributed by atoms with Crippen LogP contribution < -0.4 is 15.0 Å². The Morgan fingerprint density at radius 3 is 2.43 bits per heavy atom. The van der Waals surface area contributed by atoms with Crippen molar-refractivity contribution in [3.05, 3.63) is 41.2 Å². The lowest BCUT2D eigenvalue weighted by Gasteiger charge is -2.38. The maximum Gasteiger partial charge on any atom is 0.194 e. The maximum atomic E-state index is 5.51. The van der Waals surface area contributed by atoms with Crippen molar-refractivity contribution in [2.75, 3.05) is 45.2 Å². The first-order valence-electron chi connectivity index (χ1n) is 9.37. The summed E-state index contributed by atoms with van der Waals surface area (Å²) in [5, 5.41) is 8.00. The molecule has 0 radical (unpaired) electrons. The van der Waals surface area contributed by atoms with Crippen molar-refractivity contribution in [3.63, 3.8) is 0 Å². The van der Waals surface area contributed by atoms with E-state index in [0.717, 1.165) is 55.8 Å². The van der Waals surface area contributed by atoms with Crippen LogP contribution in [0.15, 0.2) is 29.3 Å². The van der Waals surface area contributed by atoms with Crippen molar-refractivity contribution in [1.82, 2.24) is 20.0 Å². The number of anilines is 1. The molecular formula is C20H31IN6O. The molecule has 0 unspecified atom stereocenters. The molecule has 154 valence electrons. The number of aromatic nitrogens is 2. The second kappa shape index (κ2) is 9.99. The van der Waals surface area contributed by atoms with Crippen LogP contribution in [0.2, 0.25) is 0 Å². The first-order chi connectivity index (χ1) is 13.0. The summed E-state index contributed by atoms with van der Waals surface area (Å²) < 4.78 is 7.44. The summed E-state index contributed by atoms with van der Waals surface area (Å²) in [5.74, 6) is 1.87. The van der Waals surface area contributed by atoms with Gasteiger partial charge in [-0.05, 0) is 26.0 Å². The number of benzene rings is 1. The topological polar surface area (TPSA) is 57.9 Å². The number of halogens is 1. The highest BCUT2D eigenvalue weighted by atomic mass is 127. The lowest BCUT2D eigenvalue weighted by Crippen LogP contribution is -2.52. The number of methoxy groups -OCH3 is 1. The van der Waals surface area contributed by atoms with Gasteiger partial charge in [-0.2, -0.15) is 5.10 Å². The average molecular weight is 498 g/mol. The molecule has 0 amide bonds. The molecule has 0 spiro atoms. The van der Waals surface area contributed by atoms with Crippen LogP contribution in [0.25, 0.3) is 0 Å². The molecule has 2 heterocycles. The highest BCUT2D eigenvalue weighted by Crippen LogP contribution is 2.28. The van der Waals surface area contributed by atoms with Crippen LogP contribution in [-0.4, -0.2) is 61.0 Å². The number of piperazine rings is 1. The van der Waals surface area contributed by atoms with E-state index >= 15 is 0 Å². The highest BCUT2D eigenvalue weighted by Gasteiger charge is 2.22. The number of aliphatic imine (C=N–C) groups is 1. The summed E-state index contributed by atoms with van der Waals surface area (Å²) in [6.45, 7) is 8.61. The fraction of sp³-hybridized carbons (Fsp3) is 0.500. The Hall–Kier alpha value is -1.97. The Labute approximate surface area is 184 Å². The number of nitrogens with zero attached hydrogens (tertiary/aromatic N) is 5. The molecule has 7 nitrogen and oxygen atoms in total. The summed E-state index contributed by atoms with van der Waals surface area (Å²) >= 11 is 0. The zero-order valence-corrected chi connectivity index (χ0v) is 19.7. The van der Waals surface area contributed by atoms with Crippen LogP contribution >= 0.6 is 24.0 Å². The van der Waals surface area contributed by atoms with Gasteiger partial charge in [0.25, 0.3) is 0 Å². The zero-order chi connectivity index (χ0) is 19.4. The van der Waals surface area contributed by atoms with Gasteiger partial charge < -0.3 is 19.9 Å². The molecule has 1 N–H and O–H groups in total. The molecule has 28 heavy (non-hydrogen) atoms. The monoisotopic (exact) mass is 498 g/mol. The lowest BCUT2D eigenvalue weighted by atomic mass is 10.2. The van der Waals surface area contributed by atoms with Crippen molar-refractivity contribution in [3.8, 4) is 5.75 Å². The van der Waals surface area contributed by atoms with Crippen molar-refractivity contribution in [2.24, 2.45) is 12.0 Å². The fourth-order valence-electron chi connectivity index (χ4n) is 3.62. The van der Waals surface area contributed by atoms with Gasteiger partial charge in [0, 0.05) is 58.1 Å². The van der Waals surface area contributed by atoms with Crippen LogP contribution in [-0.2, 0) is 13.6 Å². The molecule has 1 saturated heterocycles. The predicted octanol–water partition coefficient (Wildman–Crippen LogP) is 2.56. The van der Waals surface area contributed by atoms with Crippen molar-refractivity contribution in [2.45, 2.75) is 20.4 Å². The maximum absolute atomic E-state index is 5.51. The summed E-state index contributed by atoms with van der Waals surface area (Å²) in [6.07, 6.45) is 0. The molecule has 1 fully saturated rings. The van der Waals surface area contributed by atoms with Crippen LogP contribution in [0.4, 0.5) is 5.69 Å². The molecule has 1 aromatic carbocycles. The highest BCUT2D eigenvalue weighted by molar-refractivity contribution is 14.0. The molecule has 0 aliphatic carbocycles. The van der Waals surface area contributed by atoms with E-state index < -0.39 is 0 Å². The van der Waals surface area contributed by atoms with Gasteiger partial charge in [-0.15, -0.1) is 24.0 Å². The quantitative estimate of drug-likeness (QED) is 0.399. The minimum Gasteiger partial charge on any atom is -0.495 e. The average Bonchev–Trinajstić information content (AvgIpc) is 2.94. The van der Waals surface area contributed by atoms with E-state index in [-0.39, 0.29) is 24.0 Å². The minimum absolute atomic E-state index is 0. The number of ether oxygens (including phenoxy) is 1. The van der Waals surface area contributed by atoms with Gasteiger partial charge in [0.2, 0.25) is 0 Å². The molecule has 2 aromatic rings. The largest absolute Gasteiger partial charge is 0.495 e. The summed E-state index contributed by atoms with van der Waals surface area (Å²) in [7, 11) is 5.55. The van der Waals surface area contributed by atoms with Gasteiger partial charge in [-0.25, -0.2) is 0 Å². The van der Waals surface area contributed by atoms with Gasteiger partial charge >= 0.3 is 0 Å². The van der Waals surface area contributed by atoms with E-state index in [1.807, 2.05) is 30.9 Å². The molecule has 3 rings (SSSR count). The molecule has 1 aliphatic heterocycles. The van der Waals surface area contributed by atoms with E-state index in [0.29, 0.717) is 0 Å². The van der Waals surface area contributed by atoms with Crippen LogP contribution in [0.1, 0.15) is 17.0 Å². The van der Waals surface area contributed by atoms with E-state index in [9.17, 15) is 0 Å². The third-order valence-electron chi connectivity index (χ3n) is 5.30. The predicted molar refractivity (Wildman–Crippen MR) is 125 cm³/mol. The Morgan fingerprint density at radius 1 is 1.18 bits per heavy atom. The van der Waals surface area contributed by atoms with Gasteiger partial charge in [0.15, 0.2) is 5.96 Å². The number of rotatable bonds is 4. The fourth-order valence-corrected chi connectivity index (χ4v) is 3.62. The third kappa shape index (κ3) is 4.71. The van der Waals surface area contributed by atoms with E-state index in [4.69, 9.17) is 4.74 Å². The van der Waals surface area contributed by atoms with Crippen molar-refractivity contribution < 1.29 is 4.74 Å². The van der Waals surface area contributed by atoms with Gasteiger partial charge in [-0.1, -0.05) is 12.1 Å². The SMILES string of the molecule is CN=C(NCc1c(C)nn(C)c1C)N1CCN(c2ccccc2OC)CC1.I. The normalized spacial score (nSPS) is 14.7. The van der Waals surface area contributed by atoms with Crippen LogP contribution in [0.3, 0.4) is 0 Å². The molecular weight excluding hydrogens is 467 g/mol. The van der Waals surface area contributed by atoms with E-state index in [1.165, 1.54) is 11.3 Å². The van der Waals surface area contributed by atoms with Gasteiger partial charge in [-0.3, -0.25) is 9.67 Å². The molecule has 1 aliphatic rings. The van der Waals surface area contributed by atoms with Crippen molar-refractivity contribution in [1.29, 1.82) is 0 Å². The third-order valence-corrected chi connectivity index (χ3v) is 5.30. The van der Waals surface area contributed by atoms with Gasteiger partial charge in [0.1, 0.15) is 5.75 Å². The smallest absolute Gasteiger partial charge is 0.194 e.